The molecule has 35 heavy (non-hydrogen) atoms. The van der Waals surface area contributed by atoms with Gasteiger partial charge < -0.3 is 19.5 Å². The molecule has 1 aromatic heterocycles. The van der Waals surface area contributed by atoms with Gasteiger partial charge in [0.1, 0.15) is 24.1 Å². The average Bonchev–Trinajstić information content (AvgIpc) is 2.84. The Balaban J connectivity index is 1.58. The lowest BCUT2D eigenvalue weighted by molar-refractivity contribution is 0.0321. The van der Waals surface area contributed by atoms with E-state index in [1.165, 1.54) is 12.1 Å². The minimum atomic E-state index is -2.89. The van der Waals surface area contributed by atoms with Crippen molar-refractivity contribution in [2.75, 3.05) is 51.9 Å². The van der Waals surface area contributed by atoms with Crippen molar-refractivity contribution in [1.82, 2.24) is 14.9 Å². The summed E-state index contributed by atoms with van der Waals surface area (Å²) in [4.78, 5) is 11.3. The Bertz CT molecular complexity index is 1170. The number of hydrogen-bond donors (Lipinski definition) is 1. The number of morpholine rings is 1. The number of rotatable bonds is 9. The van der Waals surface area contributed by atoms with E-state index < -0.39 is 23.8 Å². The van der Waals surface area contributed by atoms with Gasteiger partial charge in [-0.25, -0.2) is 23.1 Å². The topological polar surface area (TPSA) is 68.7 Å². The fraction of sp³-hybridized carbons (Fsp3) is 0.440. The lowest BCUT2D eigenvalue weighted by Gasteiger charge is -2.26. The summed E-state index contributed by atoms with van der Waals surface area (Å²) < 4.78 is 57.9. The monoisotopic (exact) mass is 490 g/mol. The van der Waals surface area contributed by atoms with Crippen LogP contribution in [0.15, 0.2) is 30.3 Å². The second-order valence-electron chi connectivity index (χ2n) is 8.36. The summed E-state index contributed by atoms with van der Waals surface area (Å²) in [5.74, 6) is 1.08. The summed E-state index contributed by atoms with van der Waals surface area (Å²) in [5.41, 5.74) is 0.124. The summed E-state index contributed by atoms with van der Waals surface area (Å²) in [5, 5.41) is 3.80. The molecule has 1 aliphatic heterocycles. The first-order valence-electron chi connectivity index (χ1n) is 11.5. The molecular weight excluding hydrogens is 461 g/mol. The summed E-state index contributed by atoms with van der Waals surface area (Å²) in [7, 11) is 1.55. The smallest absolute Gasteiger partial charge is 0.266 e. The van der Waals surface area contributed by atoms with Crippen molar-refractivity contribution in [3.8, 4) is 11.5 Å². The van der Waals surface area contributed by atoms with Crippen molar-refractivity contribution in [1.29, 1.82) is 0 Å². The summed E-state index contributed by atoms with van der Waals surface area (Å²) in [6, 6.07) is 6.92. The maximum atomic E-state index is 14.7. The fourth-order valence-corrected chi connectivity index (χ4v) is 4.10. The van der Waals surface area contributed by atoms with Gasteiger partial charge in [-0.2, -0.15) is 0 Å². The Morgan fingerprint density at radius 1 is 1.11 bits per heavy atom. The Morgan fingerprint density at radius 2 is 1.86 bits per heavy atom. The number of halogens is 3. The molecule has 1 N–H and O–H groups in total. The van der Waals surface area contributed by atoms with Gasteiger partial charge in [-0.05, 0) is 19.9 Å². The zero-order valence-electron chi connectivity index (χ0n) is 20.0. The van der Waals surface area contributed by atoms with E-state index in [1.807, 2.05) is 0 Å². The maximum absolute atomic E-state index is 14.7. The van der Waals surface area contributed by atoms with E-state index in [1.54, 1.807) is 33.1 Å². The second kappa shape index (κ2) is 11.1. The quantitative estimate of drug-likeness (QED) is 0.457. The van der Waals surface area contributed by atoms with Crippen molar-refractivity contribution in [3.05, 3.63) is 53.1 Å². The lowest BCUT2D eigenvalue weighted by Crippen LogP contribution is -2.38. The second-order valence-corrected chi connectivity index (χ2v) is 8.36. The first-order valence-corrected chi connectivity index (χ1v) is 11.5. The maximum Gasteiger partial charge on any atom is 0.266 e. The first-order chi connectivity index (χ1) is 16.9. The molecule has 1 aliphatic rings. The largest absolute Gasteiger partial charge is 0.493 e. The highest BCUT2D eigenvalue weighted by Gasteiger charge is 2.21. The molecular formula is C25H29F3N4O3. The third-order valence-corrected chi connectivity index (χ3v) is 5.98. The van der Waals surface area contributed by atoms with Crippen LogP contribution < -0.4 is 14.8 Å². The van der Waals surface area contributed by atoms with Crippen molar-refractivity contribution in [2.24, 2.45) is 0 Å². The van der Waals surface area contributed by atoms with Gasteiger partial charge in [0.05, 0.1) is 37.4 Å². The number of fused-ring (bicyclic) bond motifs is 1. The summed E-state index contributed by atoms with van der Waals surface area (Å²) in [6.45, 7) is 7.87. The van der Waals surface area contributed by atoms with Crippen LogP contribution in [0.25, 0.3) is 10.9 Å². The number of alkyl halides is 2. The molecule has 0 spiro atoms. The number of aryl methyl sites for hydroxylation is 1. The normalized spacial score (nSPS) is 15.4. The van der Waals surface area contributed by atoms with Crippen LogP contribution in [-0.2, 0) is 4.74 Å². The molecule has 0 radical (unpaired) electrons. The van der Waals surface area contributed by atoms with Crippen molar-refractivity contribution in [2.45, 2.75) is 26.3 Å². The number of methoxy groups -OCH3 is 1. The molecule has 0 unspecified atom stereocenters. The third kappa shape index (κ3) is 5.76. The minimum absolute atomic E-state index is 0.127. The Hall–Kier alpha value is -3.11. The summed E-state index contributed by atoms with van der Waals surface area (Å²) >= 11 is 0. The van der Waals surface area contributed by atoms with Gasteiger partial charge in [0.25, 0.3) is 6.43 Å². The van der Waals surface area contributed by atoms with E-state index in [0.29, 0.717) is 40.7 Å². The van der Waals surface area contributed by atoms with Gasteiger partial charge in [0.2, 0.25) is 0 Å². The molecule has 3 aromatic rings. The van der Waals surface area contributed by atoms with Crippen LogP contribution in [0, 0.1) is 12.7 Å². The first kappa shape index (κ1) is 25.0. The number of aromatic nitrogens is 2. The van der Waals surface area contributed by atoms with E-state index in [2.05, 4.69) is 20.2 Å². The molecule has 0 saturated carbocycles. The molecule has 0 aliphatic carbocycles. The molecule has 0 bridgehead atoms. The van der Waals surface area contributed by atoms with Gasteiger partial charge >= 0.3 is 0 Å². The molecule has 188 valence electrons. The standard InChI is InChI=1S/C25H29F3N4O3/c1-15(17-5-4-6-18(23(17)26)24(27)28)29-25-19-13-21(33-3)22(14-20(19)30-16(2)31-25)35-12-9-32-7-10-34-11-8-32/h4-6,13-15,24H,7-12H2,1-3H3,(H,29,30,31)/t15-/m1/s1. The van der Waals surface area contributed by atoms with Crippen molar-refractivity contribution in [3.63, 3.8) is 0 Å². The molecule has 2 heterocycles. The Morgan fingerprint density at radius 3 is 2.57 bits per heavy atom. The van der Waals surface area contributed by atoms with Crippen LogP contribution in [0.5, 0.6) is 11.5 Å². The van der Waals surface area contributed by atoms with Crippen LogP contribution in [0.1, 0.15) is 36.3 Å². The zero-order chi connectivity index (χ0) is 24.9. The Kier molecular flexibility index (Phi) is 7.92. The molecule has 1 saturated heterocycles. The van der Waals surface area contributed by atoms with Crippen molar-refractivity contribution < 1.29 is 27.4 Å². The highest BCUT2D eigenvalue weighted by Crippen LogP contribution is 2.36. The van der Waals surface area contributed by atoms with Gasteiger partial charge in [-0.15, -0.1) is 0 Å². The van der Waals surface area contributed by atoms with E-state index in [-0.39, 0.29) is 5.56 Å². The highest BCUT2D eigenvalue weighted by atomic mass is 19.3. The van der Waals surface area contributed by atoms with Crippen LogP contribution in [0.4, 0.5) is 19.0 Å². The number of nitrogens with zero attached hydrogens (tertiary/aromatic N) is 3. The van der Waals surface area contributed by atoms with E-state index in [9.17, 15) is 13.2 Å². The van der Waals surface area contributed by atoms with Gasteiger partial charge in [0, 0.05) is 36.7 Å². The van der Waals surface area contributed by atoms with E-state index in [4.69, 9.17) is 14.2 Å². The fourth-order valence-electron chi connectivity index (χ4n) is 4.10. The van der Waals surface area contributed by atoms with Crippen LogP contribution in [0.2, 0.25) is 0 Å². The molecule has 1 atom stereocenters. The van der Waals surface area contributed by atoms with Crippen molar-refractivity contribution >= 4 is 16.7 Å². The predicted molar refractivity (Wildman–Crippen MR) is 127 cm³/mol. The number of ether oxygens (including phenoxy) is 3. The molecule has 2 aromatic carbocycles. The predicted octanol–water partition coefficient (Wildman–Crippen LogP) is 4.91. The van der Waals surface area contributed by atoms with Crippen LogP contribution >= 0.6 is 0 Å². The number of hydrogen-bond acceptors (Lipinski definition) is 7. The van der Waals surface area contributed by atoms with E-state index in [0.717, 1.165) is 38.9 Å². The number of benzene rings is 2. The number of nitrogens with one attached hydrogen (secondary N) is 1. The molecule has 10 heteroatoms. The van der Waals surface area contributed by atoms with E-state index >= 15 is 0 Å². The van der Waals surface area contributed by atoms with Crippen LogP contribution in [-0.4, -0.2) is 61.4 Å². The average molecular weight is 491 g/mol. The highest BCUT2D eigenvalue weighted by molar-refractivity contribution is 5.92. The molecule has 7 nitrogen and oxygen atoms in total. The van der Waals surface area contributed by atoms with Gasteiger partial charge in [0.15, 0.2) is 11.5 Å². The molecule has 4 rings (SSSR count). The SMILES string of the molecule is COc1cc2c(N[C@H](C)c3cccc(C(F)F)c3F)nc(C)nc2cc1OCCN1CCOCC1. The third-order valence-electron chi connectivity index (χ3n) is 5.98. The van der Waals surface area contributed by atoms with Gasteiger partial charge in [-0.1, -0.05) is 18.2 Å². The Labute approximate surface area is 202 Å². The summed E-state index contributed by atoms with van der Waals surface area (Å²) in [6.07, 6.45) is -2.89. The molecule has 0 amide bonds. The zero-order valence-corrected chi connectivity index (χ0v) is 20.0. The van der Waals surface area contributed by atoms with Crippen LogP contribution in [0.3, 0.4) is 0 Å². The lowest BCUT2D eigenvalue weighted by atomic mass is 10.0. The minimum Gasteiger partial charge on any atom is -0.493 e. The molecule has 1 fully saturated rings. The number of anilines is 1. The van der Waals surface area contributed by atoms with Gasteiger partial charge in [-0.3, -0.25) is 4.90 Å².